The fraction of sp³-hybridized carbons (Fsp3) is 0.611. The van der Waals surface area contributed by atoms with Crippen LogP contribution in [0.3, 0.4) is 0 Å². The predicted octanol–water partition coefficient (Wildman–Crippen LogP) is 5.20. The van der Waals surface area contributed by atoms with E-state index in [0.717, 1.165) is 43.1 Å². The maximum Gasteiger partial charge on any atom is 0.126 e. The Hall–Kier alpha value is -1.18. The van der Waals surface area contributed by atoms with Crippen LogP contribution in [-0.2, 0) is 6.42 Å². The predicted molar refractivity (Wildman–Crippen MR) is 85.5 cm³/mol. The molecule has 0 spiro atoms. The first-order valence-corrected chi connectivity index (χ1v) is 8.00. The van der Waals surface area contributed by atoms with Gasteiger partial charge in [-0.25, -0.2) is 0 Å². The van der Waals surface area contributed by atoms with Crippen LogP contribution in [0.2, 0.25) is 0 Å². The average molecular weight is 277 g/mol. The molecule has 0 aliphatic heterocycles. The first-order chi connectivity index (χ1) is 9.83. The van der Waals surface area contributed by atoms with E-state index in [1.165, 1.54) is 25.7 Å². The summed E-state index contributed by atoms with van der Waals surface area (Å²) in [6.45, 7) is 9.96. The number of benzene rings is 1. The third kappa shape index (κ3) is 5.85. The van der Waals surface area contributed by atoms with Crippen molar-refractivity contribution < 1.29 is 9.47 Å². The standard InChI is InChI=1S/C18H29O2/c1-4-7-9-14-19-17-12-11-13-18(16(17)6-3)20-15-10-8-5-2/h11-13H,3-10,14-15H2,1-2H3. The Labute approximate surface area is 124 Å². The summed E-state index contributed by atoms with van der Waals surface area (Å²) < 4.78 is 11.8. The van der Waals surface area contributed by atoms with Crippen LogP contribution in [0.15, 0.2) is 18.2 Å². The molecule has 0 heterocycles. The Kier molecular flexibility index (Phi) is 8.93. The van der Waals surface area contributed by atoms with Gasteiger partial charge in [-0.3, -0.25) is 0 Å². The number of ether oxygens (including phenoxy) is 2. The molecule has 1 aromatic rings. The molecule has 0 aliphatic carbocycles. The molecule has 0 N–H and O–H groups in total. The van der Waals surface area contributed by atoms with E-state index in [9.17, 15) is 0 Å². The summed E-state index contributed by atoms with van der Waals surface area (Å²) in [6, 6.07) is 6.04. The quantitative estimate of drug-likeness (QED) is 0.517. The van der Waals surface area contributed by atoms with Crippen LogP contribution in [0.1, 0.15) is 57.9 Å². The highest BCUT2D eigenvalue weighted by Gasteiger charge is 2.09. The largest absolute Gasteiger partial charge is 0.493 e. The van der Waals surface area contributed by atoms with E-state index >= 15 is 0 Å². The molecule has 1 rings (SSSR count). The molecule has 0 saturated carbocycles. The monoisotopic (exact) mass is 277 g/mol. The highest BCUT2D eigenvalue weighted by Crippen LogP contribution is 2.29. The van der Waals surface area contributed by atoms with Crippen LogP contribution in [0.25, 0.3) is 0 Å². The average Bonchev–Trinajstić information content (AvgIpc) is 2.48. The zero-order chi connectivity index (χ0) is 14.6. The lowest BCUT2D eigenvalue weighted by Crippen LogP contribution is -2.04. The van der Waals surface area contributed by atoms with Gasteiger partial charge < -0.3 is 9.47 Å². The van der Waals surface area contributed by atoms with Crippen molar-refractivity contribution in [3.63, 3.8) is 0 Å². The van der Waals surface area contributed by atoms with Gasteiger partial charge in [-0.1, -0.05) is 45.6 Å². The van der Waals surface area contributed by atoms with Gasteiger partial charge in [-0.2, -0.15) is 0 Å². The van der Waals surface area contributed by atoms with Gasteiger partial charge in [0, 0.05) is 5.56 Å². The summed E-state index contributed by atoms with van der Waals surface area (Å²) in [5.41, 5.74) is 1.10. The van der Waals surface area contributed by atoms with Crippen molar-refractivity contribution in [1.29, 1.82) is 0 Å². The number of unbranched alkanes of at least 4 members (excludes halogenated alkanes) is 4. The molecule has 2 nitrogen and oxygen atoms in total. The van der Waals surface area contributed by atoms with Crippen molar-refractivity contribution in [2.24, 2.45) is 0 Å². The highest BCUT2D eigenvalue weighted by molar-refractivity contribution is 5.45. The molecule has 0 fully saturated rings. The smallest absolute Gasteiger partial charge is 0.126 e. The van der Waals surface area contributed by atoms with Crippen LogP contribution in [0.5, 0.6) is 11.5 Å². The zero-order valence-electron chi connectivity index (χ0n) is 13.1. The molecule has 1 aromatic carbocycles. The van der Waals surface area contributed by atoms with Crippen LogP contribution in [-0.4, -0.2) is 13.2 Å². The van der Waals surface area contributed by atoms with Gasteiger partial charge in [0.05, 0.1) is 13.2 Å². The first-order valence-electron chi connectivity index (χ1n) is 8.00. The zero-order valence-corrected chi connectivity index (χ0v) is 13.1. The topological polar surface area (TPSA) is 18.5 Å². The van der Waals surface area contributed by atoms with Gasteiger partial charge in [0.2, 0.25) is 0 Å². The Morgan fingerprint density at radius 3 is 1.75 bits per heavy atom. The van der Waals surface area contributed by atoms with E-state index in [1.54, 1.807) is 0 Å². The minimum Gasteiger partial charge on any atom is -0.493 e. The molecule has 0 bridgehead atoms. The second-order valence-electron chi connectivity index (χ2n) is 5.09. The normalized spacial score (nSPS) is 10.6. The molecule has 0 unspecified atom stereocenters. The fourth-order valence-corrected chi connectivity index (χ4v) is 2.13. The van der Waals surface area contributed by atoms with Crippen molar-refractivity contribution in [3.05, 3.63) is 30.7 Å². The second kappa shape index (κ2) is 10.6. The summed E-state index contributed by atoms with van der Waals surface area (Å²) in [7, 11) is 0. The van der Waals surface area contributed by atoms with Crippen LogP contribution >= 0.6 is 0 Å². The van der Waals surface area contributed by atoms with Gasteiger partial charge in [0.25, 0.3) is 0 Å². The molecule has 0 atom stereocenters. The summed E-state index contributed by atoms with van der Waals surface area (Å²) >= 11 is 0. The van der Waals surface area contributed by atoms with Gasteiger partial charge in [-0.15, -0.1) is 0 Å². The van der Waals surface area contributed by atoms with Crippen molar-refractivity contribution in [2.75, 3.05) is 13.2 Å². The molecule has 0 amide bonds. The Morgan fingerprint density at radius 2 is 1.35 bits per heavy atom. The van der Waals surface area contributed by atoms with Crippen molar-refractivity contribution in [1.82, 2.24) is 0 Å². The number of hydrogen-bond donors (Lipinski definition) is 0. The highest BCUT2D eigenvalue weighted by atomic mass is 16.5. The molecule has 20 heavy (non-hydrogen) atoms. The van der Waals surface area contributed by atoms with Gasteiger partial charge in [0.15, 0.2) is 0 Å². The van der Waals surface area contributed by atoms with Crippen LogP contribution in [0, 0.1) is 6.92 Å². The molecule has 113 valence electrons. The van der Waals surface area contributed by atoms with E-state index in [2.05, 4.69) is 20.8 Å². The van der Waals surface area contributed by atoms with E-state index in [0.29, 0.717) is 6.42 Å². The summed E-state index contributed by atoms with van der Waals surface area (Å²) in [4.78, 5) is 0. The van der Waals surface area contributed by atoms with Crippen molar-refractivity contribution in [3.8, 4) is 11.5 Å². The number of hydrogen-bond acceptors (Lipinski definition) is 2. The molecule has 2 heteroatoms. The Bertz CT molecular complexity index is 330. The maximum absolute atomic E-state index is 5.88. The molecule has 0 saturated heterocycles. The summed E-state index contributed by atoms with van der Waals surface area (Å²) in [5, 5.41) is 0. The second-order valence-corrected chi connectivity index (χ2v) is 5.09. The van der Waals surface area contributed by atoms with E-state index in [-0.39, 0.29) is 0 Å². The van der Waals surface area contributed by atoms with Crippen molar-refractivity contribution >= 4 is 0 Å². The van der Waals surface area contributed by atoms with Crippen LogP contribution in [0.4, 0.5) is 0 Å². The van der Waals surface area contributed by atoms with Gasteiger partial charge >= 0.3 is 0 Å². The molecule has 1 radical (unpaired) electrons. The molecule has 0 aromatic heterocycles. The SMILES string of the molecule is [CH2]Cc1c(OCCCCC)cccc1OCCCCC. The van der Waals surface area contributed by atoms with Gasteiger partial charge in [-0.05, 0) is 38.3 Å². The first kappa shape index (κ1) is 16.9. The third-order valence-corrected chi connectivity index (χ3v) is 3.35. The fourth-order valence-electron chi connectivity index (χ4n) is 2.13. The lowest BCUT2D eigenvalue weighted by Gasteiger charge is -2.15. The van der Waals surface area contributed by atoms with E-state index in [4.69, 9.17) is 9.47 Å². The summed E-state index contributed by atoms with van der Waals surface area (Å²) in [6.07, 6.45) is 7.77. The Morgan fingerprint density at radius 1 is 0.850 bits per heavy atom. The molecular weight excluding hydrogens is 248 g/mol. The van der Waals surface area contributed by atoms with E-state index in [1.807, 2.05) is 18.2 Å². The number of rotatable bonds is 11. The van der Waals surface area contributed by atoms with E-state index < -0.39 is 0 Å². The van der Waals surface area contributed by atoms with Crippen molar-refractivity contribution in [2.45, 2.75) is 58.8 Å². The lowest BCUT2D eigenvalue weighted by molar-refractivity contribution is 0.286. The Balaban J connectivity index is 2.56. The molecule has 0 aliphatic rings. The minimum atomic E-state index is 0.701. The maximum atomic E-state index is 5.88. The summed E-state index contributed by atoms with van der Waals surface area (Å²) in [5.74, 6) is 1.87. The van der Waals surface area contributed by atoms with Crippen LogP contribution < -0.4 is 9.47 Å². The third-order valence-electron chi connectivity index (χ3n) is 3.35. The molecular formula is C18H29O2. The lowest BCUT2D eigenvalue weighted by atomic mass is 10.1. The van der Waals surface area contributed by atoms with Gasteiger partial charge in [0.1, 0.15) is 11.5 Å². The minimum absolute atomic E-state index is 0.701.